The van der Waals surface area contributed by atoms with Crippen molar-refractivity contribution in [1.82, 2.24) is 10.2 Å². The van der Waals surface area contributed by atoms with Gasteiger partial charge in [-0.3, -0.25) is 9.69 Å². The van der Waals surface area contributed by atoms with Gasteiger partial charge in [0.15, 0.2) is 0 Å². The lowest BCUT2D eigenvalue weighted by molar-refractivity contribution is -0.143. The van der Waals surface area contributed by atoms with Crippen molar-refractivity contribution < 1.29 is 22.7 Å². The summed E-state index contributed by atoms with van der Waals surface area (Å²) in [6.45, 7) is -0.417. The number of benzene rings is 1. The number of ether oxygens (including phenoxy) is 1. The Hall–Kier alpha value is -2.06. The molecule has 0 atom stereocenters. The number of hydrogen-bond acceptors (Lipinski definition) is 4. The molecule has 0 bridgehead atoms. The van der Waals surface area contributed by atoms with Crippen molar-refractivity contribution in [2.45, 2.75) is 12.6 Å². The van der Waals surface area contributed by atoms with E-state index in [1.807, 2.05) is 36.4 Å². The van der Waals surface area contributed by atoms with E-state index >= 15 is 0 Å². The summed E-state index contributed by atoms with van der Waals surface area (Å²) in [5.74, 6) is 0.202. The number of halogens is 3. The van der Waals surface area contributed by atoms with Gasteiger partial charge in [0, 0.05) is 11.4 Å². The Morgan fingerprint density at radius 2 is 1.96 bits per heavy atom. The summed E-state index contributed by atoms with van der Waals surface area (Å²) >= 11 is 1.32. The molecule has 1 heterocycles. The van der Waals surface area contributed by atoms with Crippen LogP contribution in [-0.4, -0.2) is 50.8 Å². The molecule has 1 aromatic carbocycles. The zero-order valence-electron chi connectivity index (χ0n) is 14.6. The molecule has 0 radical (unpaired) electrons. The Morgan fingerprint density at radius 1 is 1.27 bits per heavy atom. The number of hydrogen-bond donors (Lipinski definition) is 1. The third kappa shape index (κ3) is 6.03. The molecule has 4 nitrogen and oxygen atoms in total. The van der Waals surface area contributed by atoms with E-state index in [-0.39, 0.29) is 12.5 Å². The molecule has 0 aliphatic rings. The van der Waals surface area contributed by atoms with Crippen LogP contribution in [0.5, 0.6) is 5.75 Å². The van der Waals surface area contributed by atoms with Gasteiger partial charge in [-0.2, -0.15) is 13.2 Å². The van der Waals surface area contributed by atoms with Crippen LogP contribution in [-0.2, 0) is 0 Å². The highest BCUT2D eigenvalue weighted by Gasteiger charge is 2.28. The number of amides is 1. The molecule has 1 amide bonds. The average molecular weight is 386 g/mol. The highest BCUT2D eigenvalue weighted by Crippen LogP contribution is 2.36. The van der Waals surface area contributed by atoms with E-state index in [1.54, 1.807) is 0 Å². The second-order valence-electron chi connectivity index (χ2n) is 5.84. The summed E-state index contributed by atoms with van der Waals surface area (Å²) < 4.78 is 42.1. The first-order chi connectivity index (χ1) is 12.3. The van der Waals surface area contributed by atoms with Gasteiger partial charge in [-0.05, 0) is 31.6 Å². The van der Waals surface area contributed by atoms with Crippen molar-refractivity contribution in [1.29, 1.82) is 0 Å². The zero-order valence-corrected chi connectivity index (χ0v) is 15.4. The number of alkyl halides is 3. The molecule has 26 heavy (non-hydrogen) atoms. The zero-order chi connectivity index (χ0) is 19.2. The smallest absolute Gasteiger partial charge is 0.401 e. The summed E-state index contributed by atoms with van der Waals surface area (Å²) in [4.78, 5) is 14.9. The molecule has 2 rings (SSSR count). The van der Waals surface area contributed by atoms with Gasteiger partial charge in [0.25, 0.3) is 5.91 Å². The first-order valence-corrected chi connectivity index (χ1v) is 8.88. The van der Waals surface area contributed by atoms with Gasteiger partial charge in [0.05, 0.1) is 13.7 Å². The van der Waals surface area contributed by atoms with E-state index in [4.69, 9.17) is 4.74 Å². The van der Waals surface area contributed by atoms with Gasteiger partial charge in [-0.1, -0.05) is 30.3 Å². The first-order valence-electron chi connectivity index (χ1n) is 8.07. The summed E-state index contributed by atoms with van der Waals surface area (Å²) in [6.07, 6.45) is -3.78. The minimum absolute atomic E-state index is 0.247. The third-order valence-corrected chi connectivity index (χ3v) is 4.80. The Labute approximate surface area is 154 Å². The maximum atomic E-state index is 12.4. The number of nitrogens with one attached hydrogen (secondary N) is 1. The normalized spacial score (nSPS) is 11.6. The number of carbonyl (C=O) groups is 1. The Balaban J connectivity index is 1.90. The van der Waals surface area contributed by atoms with Crippen LogP contribution in [0, 0.1) is 0 Å². The molecule has 1 N–H and O–H groups in total. The Kier molecular flexibility index (Phi) is 7.05. The number of nitrogens with zero attached hydrogens (tertiary/aromatic N) is 1. The summed E-state index contributed by atoms with van der Waals surface area (Å²) in [6, 6.07) is 11.5. The number of thiophene rings is 1. The maximum absolute atomic E-state index is 12.4. The van der Waals surface area contributed by atoms with E-state index in [0.29, 0.717) is 23.6 Å². The molecule has 0 spiro atoms. The average Bonchev–Trinajstić information content (AvgIpc) is 3.02. The molecule has 0 saturated carbocycles. The van der Waals surface area contributed by atoms with E-state index in [1.165, 1.54) is 30.4 Å². The molecule has 2 aromatic rings. The second-order valence-corrected chi connectivity index (χ2v) is 6.89. The third-order valence-electron chi connectivity index (χ3n) is 3.63. The summed E-state index contributed by atoms with van der Waals surface area (Å²) in [7, 11) is 2.91. The van der Waals surface area contributed by atoms with Crippen LogP contribution in [0.2, 0.25) is 0 Å². The van der Waals surface area contributed by atoms with Gasteiger partial charge < -0.3 is 10.1 Å². The summed E-state index contributed by atoms with van der Waals surface area (Å²) in [5.41, 5.74) is 0.989. The van der Waals surface area contributed by atoms with Crippen molar-refractivity contribution in [2.75, 3.05) is 33.8 Å². The summed E-state index contributed by atoms with van der Waals surface area (Å²) in [5, 5.41) is 2.74. The van der Waals surface area contributed by atoms with Crippen LogP contribution >= 0.6 is 11.3 Å². The van der Waals surface area contributed by atoms with Crippen molar-refractivity contribution >= 4 is 17.2 Å². The predicted octanol–water partition coefficient (Wildman–Crippen LogP) is 4.04. The molecule has 0 fully saturated rings. The molecule has 0 aliphatic carbocycles. The van der Waals surface area contributed by atoms with Gasteiger partial charge >= 0.3 is 6.18 Å². The second kappa shape index (κ2) is 9.05. The lowest BCUT2D eigenvalue weighted by Gasteiger charge is -2.18. The van der Waals surface area contributed by atoms with Crippen LogP contribution in [0.15, 0.2) is 36.4 Å². The van der Waals surface area contributed by atoms with Gasteiger partial charge in [-0.25, -0.2) is 0 Å². The standard InChI is InChI=1S/C18H21F3N2O2S/c1-23(12-18(19,20)21)10-6-9-22-17(24)16-14(25-2)11-15(26-16)13-7-4-3-5-8-13/h3-5,7-8,11H,6,9-10,12H2,1-2H3,(H,22,24). The first kappa shape index (κ1) is 20.3. The highest BCUT2D eigenvalue weighted by molar-refractivity contribution is 7.17. The lowest BCUT2D eigenvalue weighted by atomic mass is 10.2. The van der Waals surface area contributed by atoms with Gasteiger partial charge in [0.1, 0.15) is 10.6 Å². The molecule has 0 aliphatic heterocycles. The van der Waals surface area contributed by atoms with Crippen molar-refractivity contribution in [3.05, 3.63) is 41.3 Å². The molecular formula is C18H21F3N2O2S. The van der Waals surface area contributed by atoms with E-state index in [2.05, 4.69) is 5.32 Å². The largest absolute Gasteiger partial charge is 0.495 e. The van der Waals surface area contributed by atoms with Crippen LogP contribution < -0.4 is 10.1 Å². The Bertz CT molecular complexity index is 717. The number of carbonyl (C=O) groups excluding carboxylic acids is 1. The van der Waals surface area contributed by atoms with Gasteiger partial charge in [0.2, 0.25) is 0 Å². The molecule has 8 heteroatoms. The predicted molar refractivity (Wildman–Crippen MR) is 96.8 cm³/mol. The number of methoxy groups -OCH3 is 1. The maximum Gasteiger partial charge on any atom is 0.401 e. The Morgan fingerprint density at radius 3 is 2.58 bits per heavy atom. The molecule has 0 unspecified atom stereocenters. The topological polar surface area (TPSA) is 41.6 Å². The lowest BCUT2D eigenvalue weighted by Crippen LogP contribution is -2.33. The molecule has 142 valence electrons. The van der Waals surface area contributed by atoms with Crippen molar-refractivity contribution in [3.63, 3.8) is 0 Å². The van der Waals surface area contributed by atoms with Crippen LogP contribution in [0.25, 0.3) is 10.4 Å². The minimum Gasteiger partial charge on any atom is -0.495 e. The van der Waals surface area contributed by atoms with Crippen molar-refractivity contribution in [3.8, 4) is 16.2 Å². The molecular weight excluding hydrogens is 365 g/mol. The van der Waals surface area contributed by atoms with Crippen LogP contribution in [0.1, 0.15) is 16.1 Å². The van der Waals surface area contributed by atoms with E-state index < -0.39 is 12.7 Å². The molecule has 1 aromatic heterocycles. The fourth-order valence-corrected chi connectivity index (χ4v) is 3.49. The minimum atomic E-state index is -4.21. The monoisotopic (exact) mass is 386 g/mol. The van der Waals surface area contributed by atoms with E-state index in [9.17, 15) is 18.0 Å². The van der Waals surface area contributed by atoms with E-state index in [0.717, 1.165) is 10.4 Å². The molecule has 0 saturated heterocycles. The van der Waals surface area contributed by atoms with Crippen LogP contribution in [0.4, 0.5) is 13.2 Å². The highest BCUT2D eigenvalue weighted by atomic mass is 32.1. The fraction of sp³-hybridized carbons (Fsp3) is 0.389. The van der Waals surface area contributed by atoms with Crippen molar-refractivity contribution in [2.24, 2.45) is 0 Å². The SMILES string of the molecule is COc1cc(-c2ccccc2)sc1C(=O)NCCCN(C)CC(F)(F)F. The van der Waals surface area contributed by atoms with Crippen LogP contribution in [0.3, 0.4) is 0 Å². The quantitative estimate of drug-likeness (QED) is 0.697. The number of rotatable bonds is 8. The fourth-order valence-electron chi connectivity index (χ4n) is 2.45. The van der Waals surface area contributed by atoms with Gasteiger partial charge in [-0.15, -0.1) is 11.3 Å².